The van der Waals surface area contributed by atoms with Crippen molar-refractivity contribution >= 4 is 5.91 Å². The molecule has 4 nitrogen and oxygen atoms in total. The molecular weight excluding hydrogens is 216 g/mol. The monoisotopic (exact) mass is 238 g/mol. The molecule has 1 heterocycles. The van der Waals surface area contributed by atoms with Crippen molar-refractivity contribution in [3.63, 3.8) is 0 Å². The largest absolute Gasteiger partial charge is 0.376 e. The second-order valence-corrected chi connectivity index (χ2v) is 4.99. The fourth-order valence-electron chi connectivity index (χ4n) is 2.40. The molecule has 0 aromatic rings. The van der Waals surface area contributed by atoms with Gasteiger partial charge in [0.2, 0.25) is 5.91 Å². The van der Waals surface area contributed by atoms with Gasteiger partial charge in [-0.1, -0.05) is 6.08 Å². The zero-order valence-electron chi connectivity index (χ0n) is 10.4. The number of hydrogen-bond donors (Lipinski definition) is 2. The molecule has 4 heteroatoms. The highest BCUT2D eigenvalue weighted by Crippen LogP contribution is 2.38. The highest BCUT2D eigenvalue weighted by atomic mass is 16.5. The van der Waals surface area contributed by atoms with Gasteiger partial charge in [0.1, 0.15) is 0 Å². The molecule has 1 aliphatic carbocycles. The van der Waals surface area contributed by atoms with Crippen LogP contribution in [0.5, 0.6) is 0 Å². The first kappa shape index (κ1) is 12.6. The zero-order valence-corrected chi connectivity index (χ0v) is 10.4. The quantitative estimate of drug-likeness (QED) is 0.674. The van der Waals surface area contributed by atoms with Gasteiger partial charge in [-0.2, -0.15) is 0 Å². The van der Waals surface area contributed by atoms with Crippen LogP contribution in [0.2, 0.25) is 0 Å². The second kappa shape index (κ2) is 5.65. The molecule has 0 radical (unpaired) electrons. The minimum atomic E-state index is -0.164. The van der Waals surface area contributed by atoms with Crippen molar-refractivity contribution in [3.8, 4) is 0 Å². The lowest BCUT2D eigenvalue weighted by molar-refractivity contribution is -0.122. The van der Waals surface area contributed by atoms with Crippen LogP contribution in [-0.2, 0) is 9.53 Å². The molecule has 17 heavy (non-hydrogen) atoms. The topological polar surface area (TPSA) is 50.4 Å². The summed E-state index contributed by atoms with van der Waals surface area (Å²) in [7, 11) is 0. The van der Waals surface area contributed by atoms with E-state index < -0.39 is 0 Å². The highest BCUT2D eigenvalue weighted by molar-refractivity contribution is 5.81. The van der Waals surface area contributed by atoms with Crippen molar-refractivity contribution in [2.45, 2.75) is 44.4 Å². The van der Waals surface area contributed by atoms with Gasteiger partial charge in [0.25, 0.3) is 0 Å². The summed E-state index contributed by atoms with van der Waals surface area (Å²) in [6, 6.07) is 0.176. The van der Waals surface area contributed by atoms with Crippen LogP contribution in [0.15, 0.2) is 12.7 Å². The fourth-order valence-corrected chi connectivity index (χ4v) is 2.40. The number of carbonyl (C=O) groups excluding carboxylic acids is 1. The Morgan fingerprint density at radius 1 is 1.53 bits per heavy atom. The van der Waals surface area contributed by atoms with Crippen molar-refractivity contribution in [3.05, 3.63) is 12.7 Å². The molecular formula is C13H22N2O2. The summed E-state index contributed by atoms with van der Waals surface area (Å²) in [5.74, 6) is 0.754. The van der Waals surface area contributed by atoms with Crippen LogP contribution < -0.4 is 10.6 Å². The summed E-state index contributed by atoms with van der Waals surface area (Å²) < 4.78 is 5.74. The van der Waals surface area contributed by atoms with Crippen LogP contribution in [-0.4, -0.2) is 37.2 Å². The van der Waals surface area contributed by atoms with E-state index in [-0.39, 0.29) is 11.9 Å². The molecule has 1 aliphatic heterocycles. The van der Waals surface area contributed by atoms with E-state index in [9.17, 15) is 4.79 Å². The molecule has 2 fully saturated rings. The van der Waals surface area contributed by atoms with Crippen molar-refractivity contribution in [2.75, 3.05) is 13.2 Å². The number of hydrogen-bond acceptors (Lipinski definition) is 3. The lowest BCUT2D eigenvalue weighted by Crippen LogP contribution is -2.49. The van der Waals surface area contributed by atoms with Gasteiger partial charge in [0.05, 0.1) is 12.1 Å². The molecule has 2 aliphatic rings. The average molecular weight is 238 g/mol. The maximum atomic E-state index is 11.7. The Morgan fingerprint density at radius 2 is 2.29 bits per heavy atom. The molecule has 1 saturated heterocycles. The van der Waals surface area contributed by atoms with Crippen molar-refractivity contribution in [2.24, 2.45) is 5.92 Å². The Hall–Kier alpha value is -0.870. The van der Waals surface area contributed by atoms with Gasteiger partial charge in [0, 0.05) is 19.2 Å². The number of nitrogens with one attached hydrogen (secondary N) is 2. The maximum absolute atomic E-state index is 11.7. The zero-order chi connectivity index (χ0) is 12.3. The first-order valence-corrected chi connectivity index (χ1v) is 6.48. The summed E-state index contributed by atoms with van der Waals surface area (Å²) in [5.41, 5.74) is 0. The van der Waals surface area contributed by atoms with Gasteiger partial charge in [-0.05, 0) is 32.1 Å². The second-order valence-electron chi connectivity index (χ2n) is 4.99. The number of rotatable bonds is 6. The molecule has 3 unspecified atom stereocenters. The Kier molecular flexibility index (Phi) is 4.18. The van der Waals surface area contributed by atoms with Gasteiger partial charge < -0.3 is 15.4 Å². The predicted octanol–water partition coefficient (Wildman–Crippen LogP) is 0.834. The van der Waals surface area contributed by atoms with Crippen LogP contribution in [0.4, 0.5) is 0 Å². The van der Waals surface area contributed by atoms with Crippen LogP contribution in [0.3, 0.4) is 0 Å². The third kappa shape index (κ3) is 3.30. The van der Waals surface area contributed by atoms with Gasteiger partial charge in [-0.3, -0.25) is 4.79 Å². The third-order valence-corrected chi connectivity index (χ3v) is 3.50. The molecule has 3 atom stereocenters. The minimum Gasteiger partial charge on any atom is -0.376 e. The van der Waals surface area contributed by atoms with E-state index in [1.807, 2.05) is 6.92 Å². The lowest BCUT2D eigenvalue weighted by atomic mass is 10.1. The summed E-state index contributed by atoms with van der Waals surface area (Å²) in [6.45, 7) is 6.83. The Labute approximate surface area is 103 Å². The molecule has 0 spiro atoms. The van der Waals surface area contributed by atoms with Gasteiger partial charge in [-0.15, -0.1) is 6.58 Å². The summed E-state index contributed by atoms with van der Waals surface area (Å²) in [4.78, 5) is 11.7. The number of ether oxygens (including phenoxy) is 1. The normalized spacial score (nSPS) is 29.9. The third-order valence-electron chi connectivity index (χ3n) is 3.50. The molecule has 0 aromatic carbocycles. The number of carbonyl (C=O) groups is 1. The van der Waals surface area contributed by atoms with E-state index in [2.05, 4.69) is 17.2 Å². The molecule has 1 amide bonds. The molecule has 1 saturated carbocycles. The van der Waals surface area contributed by atoms with Crippen LogP contribution >= 0.6 is 0 Å². The molecule has 96 valence electrons. The van der Waals surface area contributed by atoms with Crippen molar-refractivity contribution < 1.29 is 9.53 Å². The predicted molar refractivity (Wildman–Crippen MR) is 66.7 cm³/mol. The standard InChI is InChI=1S/C13H22N2O2/c1-3-7-14-13(16)9(2)15-11-6-8-17-12(11)10-4-5-10/h3,9-12,15H,1,4-8H2,2H3,(H,14,16). The molecule has 0 aromatic heterocycles. The SMILES string of the molecule is C=CCNC(=O)C(C)NC1CCOC1C1CC1. The van der Waals surface area contributed by atoms with Crippen molar-refractivity contribution in [1.82, 2.24) is 10.6 Å². The Bertz CT molecular complexity index is 289. The van der Waals surface area contributed by atoms with E-state index in [4.69, 9.17) is 4.74 Å². The van der Waals surface area contributed by atoms with Crippen LogP contribution in [0.1, 0.15) is 26.2 Å². The first-order valence-electron chi connectivity index (χ1n) is 6.48. The fraction of sp³-hybridized carbons (Fsp3) is 0.769. The van der Waals surface area contributed by atoms with Gasteiger partial charge in [-0.25, -0.2) is 0 Å². The lowest BCUT2D eigenvalue weighted by Gasteiger charge is -2.23. The molecule has 0 bridgehead atoms. The highest BCUT2D eigenvalue weighted by Gasteiger charge is 2.41. The smallest absolute Gasteiger partial charge is 0.237 e. The average Bonchev–Trinajstić information content (AvgIpc) is 3.07. The van der Waals surface area contributed by atoms with Crippen LogP contribution in [0.25, 0.3) is 0 Å². The first-order chi connectivity index (χ1) is 8.22. The Balaban J connectivity index is 1.78. The summed E-state index contributed by atoms with van der Waals surface area (Å²) >= 11 is 0. The van der Waals surface area contributed by atoms with Gasteiger partial charge >= 0.3 is 0 Å². The van der Waals surface area contributed by atoms with Crippen LogP contribution in [0, 0.1) is 5.92 Å². The number of amides is 1. The molecule has 2 N–H and O–H groups in total. The van der Waals surface area contributed by atoms with E-state index in [1.54, 1.807) is 6.08 Å². The maximum Gasteiger partial charge on any atom is 0.237 e. The Morgan fingerprint density at radius 3 is 2.94 bits per heavy atom. The van der Waals surface area contributed by atoms with E-state index in [0.29, 0.717) is 18.7 Å². The summed E-state index contributed by atoms with van der Waals surface area (Å²) in [5, 5.41) is 6.19. The summed E-state index contributed by atoms with van der Waals surface area (Å²) in [6.07, 6.45) is 5.58. The minimum absolute atomic E-state index is 0.0337. The van der Waals surface area contributed by atoms with Gasteiger partial charge in [0.15, 0.2) is 0 Å². The van der Waals surface area contributed by atoms with Crippen molar-refractivity contribution in [1.29, 1.82) is 0 Å². The molecule has 2 rings (SSSR count). The van der Waals surface area contributed by atoms with E-state index in [1.165, 1.54) is 12.8 Å². The van der Waals surface area contributed by atoms with E-state index >= 15 is 0 Å². The van der Waals surface area contributed by atoms with E-state index in [0.717, 1.165) is 18.9 Å².